The van der Waals surface area contributed by atoms with Crippen molar-refractivity contribution in [3.8, 4) is 0 Å². The molecule has 21 heavy (non-hydrogen) atoms. The van der Waals surface area contributed by atoms with Crippen molar-refractivity contribution in [3.63, 3.8) is 0 Å². The van der Waals surface area contributed by atoms with Gasteiger partial charge in [-0.3, -0.25) is 14.6 Å². The minimum absolute atomic E-state index is 0.396. The highest BCUT2D eigenvalue weighted by atomic mass is 16.1. The summed E-state index contributed by atoms with van der Waals surface area (Å²) in [6.07, 6.45) is 9.98. The van der Waals surface area contributed by atoms with E-state index >= 15 is 0 Å². The number of aromatic amines is 1. The summed E-state index contributed by atoms with van der Waals surface area (Å²) in [6, 6.07) is 3.70. The van der Waals surface area contributed by atoms with Crippen molar-refractivity contribution >= 4 is 33.4 Å². The van der Waals surface area contributed by atoms with Crippen LogP contribution in [0.25, 0.3) is 27.5 Å². The van der Waals surface area contributed by atoms with Gasteiger partial charge < -0.3 is 5.73 Å². The molecule has 0 unspecified atom stereocenters. The van der Waals surface area contributed by atoms with Crippen LogP contribution in [0.4, 0.5) is 0 Å². The fraction of sp³-hybridized carbons (Fsp3) is 0.133. The Balaban J connectivity index is 2.13. The van der Waals surface area contributed by atoms with E-state index in [0.29, 0.717) is 5.69 Å². The number of amides is 1. The van der Waals surface area contributed by atoms with E-state index in [1.165, 1.54) is 0 Å². The molecule has 1 amide bonds. The molecule has 1 aromatic carbocycles. The van der Waals surface area contributed by atoms with Gasteiger partial charge in [-0.15, -0.1) is 0 Å². The van der Waals surface area contributed by atoms with Gasteiger partial charge in [-0.2, -0.15) is 10.2 Å². The van der Waals surface area contributed by atoms with Crippen LogP contribution in [0.15, 0.2) is 36.6 Å². The Hall–Kier alpha value is -2.89. The monoisotopic (exact) mass is 279 g/mol. The fourth-order valence-electron chi connectivity index (χ4n) is 2.78. The summed E-state index contributed by atoms with van der Waals surface area (Å²) >= 11 is 0. The van der Waals surface area contributed by atoms with Crippen molar-refractivity contribution < 1.29 is 4.79 Å². The second kappa shape index (κ2) is 4.31. The molecule has 2 heterocycles. The number of benzene rings is 1. The predicted octanol–water partition coefficient (Wildman–Crippen LogP) is 2.20. The molecular weight excluding hydrogens is 266 g/mol. The van der Waals surface area contributed by atoms with Crippen molar-refractivity contribution in [2.75, 3.05) is 0 Å². The SMILES string of the molecule is NC(=O)c1[nH]n(C2=CCCC=C2)c2c1ccc1nncc12. The van der Waals surface area contributed by atoms with Crippen LogP contribution in [0.3, 0.4) is 0 Å². The smallest absolute Gasteiger partial charge is 0.267 e. The van der Waals surface area contributed by atoms with Gasteiger partial charge in [0.05, 0.1) is 22.9 Å². The zero-order valence-corrected chi connectivity index (χ0v) is 11.2. The van der Waals surface area contributed by atoms with Gasteiger partial charge in [-0.1, -0.05) is 12.2 Å². The average Bonchev–Trinajstić information content (AvgIpc) is 3.11. The highest BCUT2D eigenvalue weighted by Crippen LogP contribution is 2.29. The maximum atomic E-state index is 11.7. The number of primary amides is 1. The molecule has 1 aliphatic carbocycles. The molecule has 0 saturated heterocycles. The summed E-state index contributed by atoms with van der Waals surface area (Å²) in [6.45, 7) is 0. The zero-order chi connectivity index (χ0) is 14.4. The van der Waals surface area contributed by atoms with Gasteiger partial charge in [0.1, 0.15) is 5.69 Å². The highest BCUT2D eigenvalue weighted by Gasteiger charge is 2.18. The molecule has 0 radical (unpaired) electrons. The maximum Gasteiger partial charge on any atom is 0.267 e. The van der Waals surface area contributed by atoms with Crippen LogP contribution in [0.1, 0.15) is 23.3 Å². The number of carbonyl (C=O) groups excluding carboxylic acids is 1. The quantitative estimate of drug-likeness (QED) is 0.753. The van der Waals surface area contributed by atoms with Crippen molar-refractivity contribution in [2.24, 2.45) is 5.73 Å². The van der Waals surface area contributed by atoms with Crippen LogP contribution < -0.4 is 5.73 Å². The molecule has 0 spiro atoms. The zero-order valence-electron chi connectivity index (χ0n) is 11.2. The number of allylic oxidation sites excluding steroid dienone is 4. The molecule has 0 aliphatic heterocycles. The van der Waals surface area contributed by atoms with Crippen molar-refractivity contribution in [1.82, 2.24) is 20.0 Å². The molecule has 3 aromatic rings. The van der Waals surface area contributed by atoms with Crippen molar-refractivity contribution in [1.29, 1.82) is 0 Å². The van der Waals surface area contributed by atoms with E-state index in [1.807, 2.05) is 22.9 Å². The Morgan fingerprint density at radius 1 is 1.29 bits per heavy atom. The molecule has 104 valence electrons. The van der Waals surface area contributed by atoms with E-state index < -0.39 is 5.91 Å². The van der Waals surface area contributed by atoms with Gasteiger partial charge in [0.15, 0.2) is 0 Å². The van der Waals surface area contributed by atoms with Gasteiger partial charge in [0, 0.05) is 10.8 Å². The summed E-state index contributed by atoms with van der Waals surface area (Å²) in [5.74, 6) is -0.481. The summed E-state index contributed by atoms with van der Waals surface area (Å²) in [5, 5.41) is 12.8. The Kier molecular flexibility index (Phi) is 2.44. The number of aromatic nitrogens is 4. The topological polar surface area (TPSA) is 89.6 Å². The fourth-order valence-corrected chi connectivity index (χ4v) is 2.78. The minimum Gasteiger partial charge on any atom is -0.364 e. The first-order valence-electron chi connectivity index (χ1n) is 6.77. The molecular formula is C15H13N5O. The third-order valence-electron chi connectivity index (χ3n) is 3.74. The van der Waals surface area contributed by atoms with Crippen LogP contribution >= 0.6 is 0 Å². The number of nitrogens with zero attached hydrogens (tertiary/aromatic N) is 3. The third-order valence-corrected chi connectivity index (χ3v) is 3.74. The maximum absolute atomic E-state index is 11.7. The first-order chi connectivity index (χ1) is 10.3. The lowest BCUT2D eigenvalue weighted by Gasteiger charge is -2.09. The summed E-state index contributed by atoms with van der Waals surface area (Å²) < 4.78 is 1.89. The van der Waals surface area contributed by atoms with Gasteiger partial charge >= 0.3 is 0 Å². The number of nitrogens with two attached hydrogens (primary N) is 1. The molecule has 6 heteroatoms. The van der Waals surface area contributed by atoms with E-state index in [-0.39, 0.29) is 0 Å². The number of fused-ring (bicyclic) bond motifs is 3. The van der Waals surface area contributed by atoms with Crippen LogP contribution in [-0.2, 0) is 0 Å². The van der Waals surface area contributed by atoms with Gasteiger partial charge in [0.25, 0.3) is 5.91 Å². The molecule has 0 bridgehead atoms. The van der Waals surface area contributed by atoms with E-state index in [2.05, 4.69) is 27.4 Å². The Morgan fingerprint density at radius 3 is 2.95 bits per heavy atom. The summed E-state index contributed by atoms with van der Waals surface area (Å²) in [7, 11) is 0. The number of hydrogen-bond acceptors (Lipinski definition) is 3. The Morgan fingerprint density at radius 2 is 2.19 bits per heavy atom. The molecule has 4 rings (SSSR count). The average molecular weight is 279 g/mol. The predicted molar refractivity (Wildman–Crippen MR) is 80.5 cm³/mol. The lowest BCUT2D eigenvalue weighted by molar-refractivity contribution is 0.0996. The molecule has 1 aliphatic rings. The van der Waals surface area contributed by atoms with Crippen LogP contribution in [-0.4, -0.2) is 25.9 Å². The van der Waals surface area contributed by atoms with Crippen molar-refractivity contribution in [3.05, 3.63) is 42.3 Å². The molecule has 0 saturated carbocycles. The lowest BCUT2D eigenvalue weighted by Crippen LogP contribution is -2.12. The van der Waals surface area contributed by atoms with Gasteiger partial charge in [-0.25, -0.2) is 0 Å². The summed E-state index contributed by atoms with van der Waals surface area (Å²) in [4.78, 5) is 11.7. The lowest BCUT2D eigenvalue weighted by atomic mass is 10.1. The first kappa shape index (κ1) is 11.9. The summed E-state index contributed by atoms with van der Waals surface area (Å²) in [5.41, 5.74) is 8.56. The van der Waals surface area contributed by atoms with Gasteiger partial charge in [-0.05, 0) is 31.1 Å². The van der Waals surface area contributed by atoms with Crippen molar-refractivity contribution in [2.45, 2.75) is 12.8 Å². The number of H-pyrrole nitrogens is 1. The number of hydrogen-bond donors (Lipinski definition) is 2. The molecule has 3 N–H and O–H groups in total. The second-order valence-electron chi connectivity index (χ2n) is 5.03. The van der Waals surface area contributed by atoms with Crippen LogP contribution in [0.5, 0.6) is 0 Å². The third kappa shape index (κ3) is 1.69. The molecule has 0 fully saturated rings. The van der Waals surface area contributed by atoms with E-state index in [0.717, 1.165) is 40.3 Å². The molecule has 6 nitrogen and oxygen atoms in total. The van der Waals surface area contributed by atoms with Crippen LogP contribution in [0.2, 0.25) is 0 Å². The largest absolute Gasteiger partial charge is 0.364 e. The number of nitrogens with one attached hydrogen (secondary N) is 1. The molecule has 2 aromatic heterocycles. The molecule has 0 atom stereocenters. The second-order valence-corrected chi connectivity index (χ2v) is 5.03. The Bertz CT molecular complexity index is 928. The Labute approximate surface area is 119 Å². The van der Waals surface area contributed by atoms with E-state index in [9.17, 15) is 4.79 Å². The standard InChI is InChI=1S/C15H13N5O/c16-15(21)13-10-6-7-12-11(8-17-18-12)14(10)20(19-13)9-4-2-1-3-5-9/h2,4-8,19H,1,3H2,(H2,16,21). The normalized spacial score (nSPS) is 14.8. The number of rotatable bonds is 2. The van der Waals surface area contributed by atoms with E-state index in [4.69, 9.17) is 5.73 Å². The van der Waals surface area contributed by atoms with Crippen LogP contribution in [0, 0.1) is 0 Å². The number of carbonyl (C=O) groups is 1. The highest BCUT2D eigenvalue weighted by molar-refractivity contribution is 6.13. The first-order valence-corrected chi connectivity index (χ1v) is 6.77. The minimum atomic E-state index is -0.481. The van der Waals surface area contributed by atoms with E-state index in [1.54, 1.807) is 6.20 Å². The van der Waals surface area contributed by atoms with Gasteiger partial charge in [0.2, 0.25) is 0 Å².